The van der Waals surface area contributed by atoms with Crippen LogP contribution in [0.2, 0.25) is 5.02 Å². The summed E-state index contributed by atoms with van der Waals surface area (Å²) in [6.07, 6.45) is 3.44. The number of aromatic nitrogens is 2. The van der Waals surface area contributed by atoms with Gasteiger partial charge in [-0.1, -0.05) is 17.7 Å². The highest BCUT2D eigenvalue weighted by molar-refractivity contribution is 6.30. The molecule has 1 amide bonds. The van der Waals surface area contributed by atoms with Crippen LogP contribution in [-0.4, -0.2) is 39.7 Å². The molecule has 1 unspecified atom stereocenters. The van der Waals surface area contributed by atoms with E-state index in [-0.39, 0.29) is 11.9 Å². The first-order valence-corrected chi connectivity index (χ1v) is 9.85. The maximum atomic E-state index is 13.1. The van der Waals surface area contributed by atoms with Gasteiger partial charge in [-0.2, -0.15) is 5.10 Å². The first-order chi connectivity index (χ1) is 13.5. The van der Waals surface area contributed by atoms with Crippen molar-refractivity contribution in [2.24, 2.45) is 11.7 Å². The average Bonchev–Trinajstić information content (AvgIpc) is 3.37. The number of carbonyl (C=O) groups excluding carboxylic acids is 1. The zero-order valence-electron chi connectivity index (χ0n) is 15.7. The summed E-state index contributed by atoms with van der Waals surface area (Å²) in [4.78, 5) is 14.9. The molecule has 0 radical (unpaired) electrons. The van der Waals surface area contributed by atoms with Crippen LogP contribution in [0, 0.1) is 5.92 Å². The SMILES string of the molecule is CC(N)C1CCN(C(=O)c2cc(-c3ccco3)n(-c3cccc(Cl)c3)n2)CC1. The van der Waals surface area contributed by atoms with E-state index in [9.17, 15) is 4.79 Å². The summed E-state index contributed by atoms with van der Waals surface area (Å²) in [5, 5.41) is 5.19. The first kappa shape index (κ1) is 18.8. The van der Waals surface area contributed by atoms with Crippen molar-refractivity contribution in [1.29, 1.82) is 0 Å². The number of piperidine rings is 1. The summed E-state index contributed by atoms with van der Waals surface area (Å²) in [7, 11) is 0. The van der Waals surface area contributed by atoms with Crippen molar-refractivity contribution in [3.05, 3.63) is 59.4 Å². The van der Waals surface area contributed by atoms with Crippen LogP contribution in [0.1, 0.15) is 30.3 Å². The monoisotopic (exact) mass is 398 g/mol. The lowest BCUT2D eigenvalue weighted by atomic mass is 9.91. The van der Waals surface area contributed by atoms with Gasteiger partial charge in [-0.3, -0.25) is 4.79 Å². The number of rotatable bonds is 4. The van der Waals surface area contributed by atoms with Gasteiger partial charge in [0.2, 0.25) is 0 Å². The Labute approximate surface area is 168 Å². The lowest BCUT2D eigenvalue weighted by molar-refractivity contribution is 0.0674. The highest BCUT2D eigenvalue weighted by Gasteiger charge is 2.28. The number of nitrogens with two attached hydrogens (primary N) is 1. The maximum Gasteiger partial charge on any atom is 0.274 e. The molecule has 1 atom stereocenters. The second-order valence-corrected chi connectivity index (χ2v) is 7.71. The van der Waals surface area contributed by atoms with Gasteiger partial charge < -0.3 is 15.1 Å². The third-order valence-electron chi connectivity index (χ3n) is 5.33. The van der Waals surface area contributed by atoms with Gasteiger partial charge in [0.15, 0.2) is 11.5 Å². The molecule has 0 spiro atoms. The number of likely N-dealkylation sites (tertiary alicyclic amines) is 1. The van der Waals surface area contributed by atoms with Crippen LogP contribution in [0.4, 0.5) is 0 Å². The molecule has 28 heavy (non-hydrogen) atoms. The molecule has 6 nitrogen and oxygen atoms in total. The van der Waals surface area contributed by atoms with Crippen LogP contribution in [0.25, 0.3) is 17.1 Å². The van der Waals surface area contributed by atoms with Crippen molar-refractivity contribution in [2.75, 3.05) is 13.1 Å². The van der Waals surface area contributed by atoms with Crippen LogP contribution in [0.15, 0.2) is 53.1 Å². The van der Waals surface area contributed by atoms with E-state index < -0.39 is 0 Å². The smallest absolute Gasteiger partial charge is 0.274 e. The van der Waals surface area contributed by atoms with Crippen molar-refractivity contribution in [3.8, 4) is 17.1 Å². The van der Waals surface area contributed by atoms with Gasteiger partial charge in [0.05, 0.1) is 12.0 Å². The van der Waals surface area contributed by atoms with E-state index in [1.54, 1.807) is 23.1 Å². The molecule has 3 aromatic rings. The highest BCUT2D eigenvalue weighted by atomic mass is 35.5. The largest absolute Gasteiger partial charge is 0.463 e. The van der Waals surface area contributed by atoms with Crippen LogP contribution in [0.3, 0.4) is 0 Å². The predicted octanol–water partition coefficient (Wildman–Crippen LogP) is 3.99. The van der Waals surface area contributed by atoms with Gasteiger partial charge in [-0.15, -0.1) is 0 Å². The molecule has 7 heteroatoms. The Morgan fingerprint density at radius 2 is 2.04 bits per heavy atom. The van der Waals surface area contributed by atoms with Crippen molar-refractivity contribution in [2.45, 2.75) is 25.8 Å². The lowest BCUT2D eigenvalue weighted by Crippen LogP contribution is -2.42. The summed E-state index contributed by atoms with van der Waals surface area (Å²) in [5.74, 6) is 1.03. The molecule has 4 rings (SSSR count). The molecule has 0 saturated carbocycles. The van der Waals surface area contributed by atoms with E-state index >= 15 is 0 Å². The zero-order chi connectivity index (χ0) is 19.7. The standard InChI is InChI=1S/C21H23ClN4O2/c1-14(23)15-7-9-25(10-8-15)21(27)18-13-19(20-6-3-11-28-20)26(24-18)17-5-2-4-16(22)12-17/h2-6,11-15H,7-10,23H2,1H3. The summed E-state index contributed by atoms with van der Waals surface area (Å²) < 4.78 is 7.26. The fourth-order valence-electron chi connectivity index (χ4n) is 3.68. The van der Waals surface area contributed by atoms with Crippen LogP contribution < -0.4 is 5.73 Å². The predicted molar refractivity (Wildman–Crippen MR) is 109 cm³/mol. The Morgan fingerprint density at radius 3 is 2.68 bits per heavy atom. The second-order valence-electron chi connectivity index (χ2n) is 7.27. The third-order valence-corrected chi connectivity index (χ3v) is 5.56. The molecule has 0 aliphatic carbocycles. The molecule has 1 saturated heterocycles. The van der Waals surface area contributed by atoms with Crippen molar-refractivity contribution in [1.82, 2.24) is 14.7 Å². The van der Waals surface area contributed by atoms with E-state index in [0.717, 1.165) is 18.5 Å². The number of hydrogen-bond acceptors (Lipinski definition) is 4. The van der Waals surface area contributed by atoms with Crippen LogP contribution in [-0.2, 0) is 0 Å². The minimum absolute atomic E-state index is 0.0725. The number of benzene rings is 1. The van der Waals surface area contributed by atoms with Gasteiger partial charge in [0.25, 0.3) is 5.91 Å². The molecule has 1 aliphatic rings. The molecule has 2 N–H and O–H groups in total. The van der Waals surface area contributed by atoms with Crippen molar-refractivity contribution in [3.63, 3.8) is 0 Å². The topological polar surface area (TPSA) is 77.3 Å². The fourth-order valence-corrected chi connectivity index (χ4v) is 3.86. The highest BCUT2D eigenvalue weighted by Crippen LogP contribution is 2.27. The van der Waals surface area contributed by atoms with Crippen LogP contribution >= 0.6 is 11.6 Å². The van der Waals surface area contributed by atoms with E-state index in [1.807, 2.05) is 42.2 Å². The van der Waals surface area contributed by atoms with E-state index in [1.165, 1.54) is 0 Å². The fraction of sp³-hybridized carbons (Fsp3) is 0.333. The second kappa shape index (κ2) is 7.81. The Balaban J connectivity index is 1.65. The normalized spacial score (nSPS) is 16.3. The molecule has 1 aliphatic heterocycles. The van der Waals surface area contributed by atoms with E-state index in [0.29, 0.717) is 41.2 Å². The average molecular weight is 399 g/mol. The Morgan fingerprint density at radius 1 is 1.25 bits per heavy atom. The molecule has 1 aromatic carbocycles. The number of halogens is 1. The Hall–Kier alpha value is -2.57. The molecular weight excluding hydrogens is 376 g/mol. The maximum absolute atomic E-state index is 13.1. The summed E-state index contributed by atoms with van der Waals surface area (Å²) in [5.41, 5.74) is 7.89. The Kier molecular flexibility index (Phi) is 5.24. The van der Waals surface area contributed by atoms with Gasteiger partial charge in [0.1, 0.15) is 5.69 Å². The van der Waals surface area contributed by atoms with Crippen molar-refractivity contribution >= 4 is 17.5 Å². The molecule has 0 bridgehead atoms. The number of furan rings is 1. The summed E-state index contributed by atoms with van der Waals surface area (Å²) >= 11 is 6.15. The number of hydrogen-bond donors (Lipinski definition) is 1. The first-order valence-electron chi connectivity index (χ1n) is 9.47. The minimum atomic E-state index is -0.0725. The lowest BCUT2D eigenvalue weighted by Gasteiger charge is -2.33. The quantitative estimate of drug-likeness (QED) is 0.720. The minimum Gasteiger partial charge on any atom is -0.463 e. The van der Waals surface area contributed by atoms with Gasteiger partial charge in [0, 0.05) is 30.2 Å². The van der Waals surface area contributed by atoms with Crippen molar-refractivity contribution < 1.29 is 9.21 Å². The molecule has 3 heterocycles. The molecule has 146 valence electrons. The van der Waals surface area contributed by atoms with Gasteiger partial charge >= 0.3 is 0 Å². The molecule has 2 aromatic heterocycles. The summed E-state index contributed by atoms with van der Waals surface area (Å²) in [6.45, 7) is 3.43. The number of amides is 1. The zero-order valence-corrected chi connectivity index (χ0v) is 16.5. The van der Waals surface area contributed by atoms with Gasteiger partial charge in [-0.05, 0) is 56.0 Å². The summed E-state index contributed by atoms with van der Waals surface area (Å²) in [6, 6.07) is 13.0. The molecular formula is C21H23ClN4O2. The Bertz CT molecular complexity index is 957. The number of nitrogens with zero attached hydrogens (tertiary/aromatic N) is 3. The van der Waals surface area contributed by atoms with E-state index in [2.05, 4.69) is 5.10 Å². The van der Waals surface area contributed by atoms with Gasteiger partial charge in [-0.25, -0.2) is 4.68 Å². The molecule has 1 fully saturated rings. The van der Waals surface area contributed by atoms with Crippen LogP contribution in [0.5, 0.6) is 0 Å². The number of carbonyl (C=O) groups is 1. The van der Waals surface area contributed by atoms with E-state index in [4.69, 9.17) is 21.8 Å². The third kappa shape index (κ3) is 3.70.